The van der Waals surface area contributed by atoms with Crippen LogP contribution in [-0.2, 0) is 4.79 Å². The van der Waals surface area contributed by atoms with Crippen LogP contribution in [0.25, 0.3) is 0 Å². The molecule has 24 heavy (non-hydrogen) atoms. The van der Waals surface area contributed by atoms with Crippen LogP contribution in [0.2, 0.25) is 0 Å². The summed E-state index contributed by atoms with van der Waals surface area (Å²) in [6.07, 6.45) is -1.03. The molecule has 0 aliphatic carbocycles. The van der Waals surface area contributed by atoms with Gasteiger partial charge < -0.3 is 14.6 Å². The summed E-state index contributed by atoms with van der Waals surface area (Å²) in [4.78, 5) is 12.6. The van der Waals surface area contributed by atoms with Crippen LogP contribution in [0.1, 0.15) is 17.4 Å². The summed E-state index contributed by atoms with van der Waals surface area (Å²) in [5, 5.41) is 6.33. The highest BCUT2D eigenvalue weighted by molar-refractivity contribution is 5.94. The van der Waals surface area contributed by atoms with Crippen LogP contribution in [0, 0.1) is 12.7 Å². The largest absolute Gasteiger partial charge is 0.473 e. The number of carbonyl (C=O) groups is 1. The molecule has 0 fully saturated rings. The van der Waals surface area contributed by atoms with Crippen molar-refractivity contribution in [3.05, 3.63) is 77.8 Å². The van der Waals surface area contributed by atoms with Gasteiger partial charge in [-0.2, -0.15) is 0 Å². The number of carbonyl (C=O) groups excluding carboxylic acids is 1. The SMILES string of the molecule is Cc1cc(NC(=O)[C@@H](Oc2ccccc2F)c2ccccc2)no1. The maximum absolute atomic E-state index is 13.9. The minimum absolute atomic E-state index is 0.00200. The van der Waals surface area contributed by atoms with E-state index in [0.717, 1.165) is 0 Å². The molecule has 1 aromatic heterocycles. The Morgan fingerprint density at radius 3 is 2.54 bits per heavy atom. The van der Waals surface area contributed by atoms with Gasteiger partial charge in [0, 0.05) is 11.6 Å². The van der Waals surface area contributed by atoms with E-state index in [1.165, 1.54) is 12.1 Å². The Kier molecular flexibility index (Phi) is 4.56. The Balaban J connectivity index is 1.87. The first kappa shape index (κ1) is 15.7. The van der Waals surface area contributed by atoms with Crippen LogP contribution in [0.5, 0.6) is 5.75 Å². The molecule has 0 radical (unpaired) electrons. The van der Waals surface area contributed by atoms with Gasteiger partial charge in [0.25, 0.3) is 5.91 Å². The van der Waals surface area contributed by atoms with Gasteiger partial charge in [-0.1, -0.05) is 47.6 Å². The van der Waals surface area contributed by atoms with Crippen molar-refractivity contribution in [2.75, 3.05) is 5.32 Å². The molecule has 6 heteroatoms. The minimum Gasteiger partial charge on any atom is -0.473 e. The van der Waals surface area contributed by atoms with Gasteiger partial charge in [0.05, 0.1) is 0 Å². The third-order valence-electron chi connectivity index (χ3n) is 3.30. The molecule has 3 aromatic rings. The second-order valence-electron chi connectivity index (χ2n) is 5.15. The van der Waals surface area contributed by atoms with Gasteiger partial charge in [0.1, 0.15) is 5.76 Å². The van der Waals surface area contributed by atoms with E-state index < -0.39 is 17.8 Å². The van der Waals surface area contributed by atoms with Crippen molar-refractivity contribution in [3.63, 3.8) is 0 Å². The van der Waals surface area contributed by atoms with Crippen LogP contribution in [-0.4, -0.2) is 11.1 Å². The first-order valence-electron chi connectivity index (χ1n) is 7.34. The van der Waals surface area contributed by atoms with Gasteiger partial charge in [0.2, 0.25) is 6.10 Å². The number of nitrogens with one attached hydrogen (secondary N) is 1. The molecule has 0 aliphatic rings. The van der Waals surface area contributed by atoms with Crippen molar-refractivity contribution < 1.29 is 18.4 Å². The molecule has 1 amide bonds. The molecule has 1 N–H and O–H groups in total. The summed E-state index contributed by atoms with van der Waals surface area (Å²) >= 11 is 0. The molecule has 1 atom stereocenters. The summed E-state index contributed by atoms with van der Waals surface area (Å²) in [6, 6.07) is 16.4. The van der Waals surface area contributed by atoms with Gasteiger partial charge in [-0.05, 0) is 19.1 Å². The Morgan fingerprint density at radius 1 is 1.17 bits per heavy atom. The zero-order chi connectivity index (χ0) is 16.9. The number of benzene rings is 2. The predicted octanol–water partition coefficient (Wildman–Crippen LogP) is 3.88. The van der Waals surface area contributed by atoms with Crippen molar-refractivity contribution in [2.45, 2.75) is 13.0 Å². The van der Waals surface area contributed by atoms with Crippen LogP contribution < -0.4 is 10.1 Å². The second kappa shape index (κ2) is 6.95. The lowest BCUT2D eigenvalue weighted by Gasteiger charge is -2.18. The molecule has 0 aliphatic heterocycles. The number of anilines is 1. The van der Waals surface area contributed by atoms with E-state index in [9.17, 15) is 9.18 Å². The second-order valence-corrected chi connectivity index (χ2v) is 5.15. The third kappa shape index (κ3) is 3.60. The van der Waals surface area contributed by atoms with Gasteiger partial charge in [-0.3, -0.25) is 4.79 Å². The number of amides is 1. The third-order valence-corrected chi connectivity index (χ3v) is 3.30. The lowest BCUT2D eigenvalue weighted by molar-refractivity contribution is -0.123. The number of ether oxygens (including phenoxy) is 1. The van der Waals surface area contributed by atoms with E-state index in [0.29, 0.717) is 11.3 Å². The summed E-state index contributed by atoms with van der Waals surface area (Å²) < 4.78 is 24.4. The molecule has 1 heterocycles. The highest BCUT2D eigenvalue weighted by atomic mass is 19.1. The first-order valence-corrected chi connectivity index (χ1v) is 7.34. The fraction of sp³-hybridized carbons (Fsp3) is 0.111. The van der Waals surface area contributed by atoms with E-state index in [-0.39, 0.29) is 11.6 Å². The fourth-order valence-electron chi connectivity index (χ4n) is 2.19. The van der Waals surface area contributed by atoms with Crippen LogP contribution in [0.15, 0.2) is 65.2 Å². The van der Waals surface area contributed by atoms with E-state index in [1.807, 2.05) is 6.07 Å². The smallest absolute Gasteiger partial charge is 0.271 e. The highest BCUT2D eigenvalue weighted by Gasteiger charge is 2.24. The molecule has 0 saturated carbocycles. The average molecular weight is 326 g/mol. The van der Waals surface area contributed by atoms with Crippen molar-refractivity contribution in [2.24, 2.45) is 0 Å². The Bertz CT molecular complexity index is 833. The number of nitrogens with zero attached hydrogens (tertiary/aromatic N) is 1. The quantitative estimate of drug-likeness (QED) is 0.773. The van der Waals surface area contributed by atoms with Crippen LogP contribution >= 0.6 is 0 Å². The van der Waals surface area contributed by atoms with Crippen LogP contribution in [0.4, 0.5) is 10.2 Å². The molecule has 122 valence electrons. The Labute approximate surface area is 138 Å². The number of aromatic nitrogens is 1. The number of hydrogen-bond donors (Lipinski definition) is 1. The lowest BCUT2D eigenvalue weighted by Crippen LogP contribution is -2.26. The van der Waals surface area contributed by atoms with Crippen molar-refractivity contribution in [1.29, 1.82) is 0 Å². The average Bonchev–Trinajstić information content (AvgIpc) is 2.99. The molecule has 3 rings (SSSR count). The van der Waals surface area contributed by atoms with Gasteiger partial charge >= 0.3 is 0 Å². The van der Waals surface area contributed by atoms with Gasteiger partial charge in [-0.25, -0.2) is 4.39 Å². The topological polar surface area (TPSA) is 64.4 Å². The normalized spacial score (nSPS) is 11.8. The maximum Gasteiger partial charge on any atom is 0.271 e. The van der Waals surface area contributed by atoms with Gasteiger partial charge in [0.15, 0.2) is 17.4 Å². The number of halogens is 1. The monoisotopic (exact) mass is 326 g/mol. The first-order chi connectivity index (χ1) is 11.6. The highest BCUT2D eigenvalue weighted by Crippen LogP contribution is 2.25. The molecule has 0 spiro atoms. The molecule has 2 aromatic carbocycles. The maximum atomic E-state index is 13.9. The number of aryl methyl sites for hydroxylation is 1. The molecular formula is C18H15FN2O3. The molecule has 0 unspecified atom stereocenters. The standard InChI is InChI=1S/C18H15FN2O3/c1-12-11-16(21-24-12)20-18(22)17(13-7-3-2-4-8-13)23-15-10-6-5-9-14(15)19/h2-11,17H,1H3,(H,20,21,22)/t17-/m0/s1. The zero-order valence-electron chi connectivity index (χ0n) is 12.9. The number of rotatable bonds is 5. The number of hydrogen-bond acceptors (Lipinski definition) is 4. The van der Waals surface area contributed by atoms with E-state index in [1.54, 1.807) is 49.4 Å². The molecule has 5 nitrogen and oxygen atoms in total. The minimum atomic E-state index is -1.03. The summed E-state index contributed by atoms with van der Waals surface area (Å²) in [5.41, 5.74) is 0.596. The Hall–Kier alpha value is -3.15. The van der Waals surface area contributed by atoms with E-state index in [2.05, 4.69) is 10.5 Å². The van der Waals surface area contributed by atoms with Crippen LogP contribution in [0.3, 0.4) is 0 Å². The zero-order valence-corrected chi connectivity index (χ0v) is 12.9. The van der Waals surface area contributed by atoms with E-state index in [4.69, 9.17) is 9.26 Å². The summed E-state index contributed by atoms with van der Waals surface area (Å²) in [6.45, 7) is 1.72. The van der Waals surface area contributed by atoms with Crippen molar-refractivity contribution in [1.82, 2.24) is 5.16 Å². The molecule has 0 saturated heterocycles. The van der Waals surface area contributed by atoms with Crippen molar-refractivity contribution >= 4 is 11.7 Å². The summed E-state index contributed by atoms with van der Waals surface area (Å²) in [7, 11) is 0. The summed E-state index contributed by atoms with van der Waals surface area (Å²) in [5.74, 6) is -0.175. The van der Waals surface area contributed by atoms with Crippen molar-refractivity contribution in [3.8, 4) is 5.75 Å². The predicted molar refractivity (Wildman–Crippen MR) is 86.1 cm³/mol. The fourth-order valence-corrected chi connectivity index (χ4v) is 2.19. The lowest BCUT2D eigenvalue weighted by atomic mass is 10.1. The number of para-hydroxylation sites is 1. The Morgan fingerprint density at radius 2 is 1.88 bits per heavy atom. The van der Waals surface area contributed by atoms with E-state index >= 15 is 0 Å². The van der Waals surface area contributed by atoms with Gasteiger partial charge in [-0.15, -0.1) is 0 Å². The molecule has 0 bridgehead atoms. The molecular weight excluding hydrogens is 311 g/mol.